The van der Waals surface area contributed by atoms with E-state index in [4.69, 9.17) is 4.99 Å². The fourth-order valence-corrected chi connectivity index (χ4v) is 3.48. The van der Waals surface area contributed by atoms with Gasteiger partial charge in [0.2, 0.25) is 0 Å². The number of amidine groups is 1. The van der Waals surface area contributed by atoms with E-state index in [1.807, 2.05) is 48.5 Å². The van der Waals surface area contributed by atoms with Crippen molar-refractivity contribution in [3.05, 3.63) is 107 Å². The first-order valence-electron chi connectivity index (χ1n) is 9.10. The van der Waals surface area contributed by atoms with Gasteiger partial charge in [-0.2, -0.15) is 13.2 Å². The number of benzene rings is 3. The molecule has 0 saturated carbocycles. The molecule has 3 aromatic rings. The molecule has 0 saturated heterocycles. The summed E-state index contributed by atoms with van der Waals surface area (Å²) in [5, 5.41) is 3.48. The third-order valence-corrected chi connectivity index (χ3v) is 4.89. The van der Waals surface area contributed by atoms with Gasteiger partial charge < -0.3 is 5.32 Å². The van der Waals surface area contributed by atoms with E-state index in [1.165, 1.54) is 12.1 Å². The molecule has 142 valence electrons. The van der Waals surface area contributed by atoms with Crippen LogP contribution in [0.1, 0.15) is 34.3 Å². The third kappa shape index (κ3) is 3.93. The molecule has 0 aliphatic carbocycles. The Hall–Kier alpha value is -3.08. The first-order valence-corrected chi connectivity index (χ1v) is 9.10. The largest absolute Gasteiger partial charge is 0.416 e. The van der Waals surface area contributed by atoms with Crippen LogP contribution in [0.25, 0.3) is 0 Å². The normalized spacial score (nSPS) is 19.2. The Kier molecular flexibility index (Phi) is 4.90. The molecule has 0 bridgehead atoms. The molecule has 2 unspecified atom stereocenters. The molecule has 4 rings (SSSR count). The Morgan fingerprint density at radius 2 is 1.32 bits per heavy atom. The summed E-state index contributed by atoms with van der Waals surface area (Å²) in [6.07, 6.45) is -3.86. The standard InChI is InChI=1S/C23H19F3N2/c24-23(25,26)19-13-11-16(12-14-19)15-20-27-21(17-7-3-1-4-8-17)22(28-20)18-9-5-2-6-10-18/h1-14,21-22H,15H2,(H,27,28). The van der Waals surface area contributed by atoms with Gasteiger partial charge in [0.25, 0.3) is 0 Å². The van der Waals surface area contributed by atoms with Crippen LogP contribution < -0.4 is 5.32 Å². The number of aliphatic imine (C=N–C) groups is 1. The molecule has 2 nitrogen and oxygen atoms in total. The molecule has 0 radical (unpaired) electrons. The van der Waals surface area contributed by atoms with E-state index >= 15 is 0 Å². The van der Waals surface area contributed by atoms with Crippen LogP contribution in [-0.2, 0) is 12.6 Å². The average Bonchev–Trinajstić information content (AvgIpc) is 3.13. The van der Waals surface area contributed by atoms with Gasteiger partial charge >= 0.3 is 6.18 Å². The number of nitrogens with zero attached hydrogens (tertiary/aromatic N) is 1. The van der Waals surface area contributed by atoms with Crippen LogP contribution in [0.5, 0.6) is 0 Å². The average molecular weight is 380 g/mol. The lowest BCUT2D eigenvalue weighted by Crippen LogP contribution is -2.25. The lowest BCUT2D eigenvalue weighted by molar-refractivity contribution is -0.137. The highest BCUT2D eigenvalue weighted by Crippen LogP contribution is 2.36. The van der Waals surface area contributed by atoms with E-state index in [1.54, 1.807) is 0 Å². The second kappa shape index (κ2) is 7.50. The predicted octanol–water partition coefficient (Wildman–Crippen LogP) is 5.73. The highest BCUT2D eigenvalue weighted by Gasteiger charge is 2.32. The minimum atomic E-state index is -4.32. The van der Waals surface area contributed by atoms with Crippen molar-refractivity contribution < 1.29 is 13.2 Å². The zero-order valence-corrected chi connectivity index (χ0v) is 15.0. The highest BCUT2D eigenvalue weighted by atomic mass is 19.4. The highest BCUT2D eigenvalue weighted by molar-refractivity contribution is 5.87. The van der Waals surface area contributed by atoms with Crippen LogP contribution in [0.2, 0.25) is 0 Å². The molecule has 0 spiro atoms. The predicted molar refractivity (Wildman–Crippen MR) is 104 cm³/mol. The third-order valence-electron chi connectivity index (χ3n) is 4.89. The van der Waals surface area contributed by atoms with E-state index in [2.05, 4.69) is 17.4 Å². The molecule has 28 heavy (non-hydrogen) atoms. The number of nitrogens with one attached hydrogen (secondary N) is 1. The monoisotopic (exact) mass is 380 g/mol. The molecular formula is C23H19F3N2. The van der Waals surface area contributed by atoms with Crippen LogP contribution >= 0.6 is 0 Å². The zero-order valence-electron chi connectivity index (χ0n) is 15.0. The number of halogens is 3. The van der Waals surface area contributed by atoms with Gasteiger partial charge in [0, 0.05) is 6.42 Å². The Balaban J connectivity index is 1.59. The van der Waals surface area contributed by atoms with E-state index in [0.717, 1.165) is 34.7 Å². The molecule has 1 N–H and O–H groups in total. The van der Waals surface area contributed by atoms with E-state index in [-0.39, 0.29) is 12.1 Å². The summed E-state index contributed by atoms with van der Waals surface area (Å²) in [7, 11) is 0. The molecule has 1 heterocycles. The maximum atomic E-state index is 12.8. The first kappa shape index (κ1) is 18.3. The summed E-state index contributed by atoms with van der Waals surface area (Å²) in [6, 6.07) is 25.3. The number of hydrogen-bond donors (Lipinski definition) is 1. The summed E-state index contributed by atoms with van der Waals surface area (Å²) in [4.78, 5) is 4.87. The van der Waals surface area contributed by atoms with Gasteiger partial charge in [0.15, 0.2) is 0 Å². The van der Waals surface area contributed by atoms with Gasteiger partial charge in [-0.15, -0.1) is 0 Å². The lowest BCUT2D eigenvalue weighted by atomic mass is 9.95. The smallest absolute Gasteiger partial charge is 0.364 e. The van der Waals surface area contributed by atoms with Crippen molar-refractivity contribution in [2.45, 2.75) is 24.7 Å². The molecule has 5 heteroatoms. The summed E-state index contributed by atoms with van der Waals surface area (Å²) < 4.78 is 38.3. The second-order valence-corrected chi connectivity index (χ2v) is 6.84. The summed E-state index contributed by atoms with van der Waals surface area (Å²) in [5.74, 6) is 0.780. The fourth-order valence-electron chi connectivity index (χ4n) is 3.48. The van der Waals surface area contributed by atoms with Gasteiger partial charge in [-0.1, -0.05) is 72.8 Å². The van der Waals surface area contributed by atoms with Crippen molar-refractivity contribution in [3.8, 4) is 0 Å². The van der Waals surface area contributed by atoms with Crippen LogP contribution in [0.4, 0.5) is 13.2 Å². The lowest BCUT2D eigenvalue weighted by Gasteiger charge is -2.19. The first-order chi connectivity index (χ1) is 13.5. The molecular weight excluding hydrogens is 361 g/mol. The molecule has 1 aliphatic rings. The van der Waals surface area contributed by atoms with Crippen molar-refractivity contribution in [3.63, 3.8) is 0 Å². The van der Waals surface area contributed by atoms with Crippen molar-refractivity contribution >= 4 is 5.84 Å². The molecule has 0 amide bonds. The molecule has 2 atom stereocenters. The van der Waals surface area contributed by atoms with E-state index in [0.29, 0.717) is 6.42 Å². The topological polar surface area (TPSA) is 24.4 Å². The van der Waals surface area contributed by atoms with Crippen LogP contribution in [0.15, 0.2) is 89.9 Å². The number of rotatable bonds is 4. The van der Waals surface area contributed by atoms with Crippen molar-refractivity contribution in [1.82, 2.24) is 5.32 Å². The molecule has 1 aliphatic heterocycles. The maximum absolute atomic E-state index is 12.8. The summed E-state index contributed by atoms with van der Waals surface area (Å²) in [5.41, 5.74) is 2.38. The zero-order chi connectivity index (χ0) is 19.6. The fraction of sp³-hybridized carbons (Fsp3) is 0.174. The summed E-state index contributed by atoms with van der Waals surface area (Å²) in [6.45, 7) is 0. The van der Waals surface area contributed by atoms with Crippen molar-refractivity contribution in [1.29, 1.82) is 0 Å². The minimum Gasteiger partial charge on any atom is -0.364 e. The van der Waals surface area contributed by atoms with Gasteiger partial charge in [-0.25, -0.2) is 0 Å². The van der Waals surface area contributed by atoms with Crippen LogP contribution in [-0.4, -0.2) is 5.84 Å². The Morgan fingerprint density at radius 3 is 1.89 bits per heavy atom. The van der Waals surface area contributed by atoms with Crippen LogP contribution in [0, 0.1) is 0 Å². The van der Waals surface area contributed by atoms with E-state index in [9.17, 15) is 13.2 Å². The SMILES string of the molecule is FC(F)(F)c1ccc(CC2=NC(c3ccccc3)C(c3ccccc3)N2)cc1. The van der Waals surface area contributed by atoms with Crippen LogP contribution in [0.3, 0.4) is 0 Å². The van der Waals surface area contributed by atoms with Gasteiger partial charge in [-0.05, 0) is 28.8 Å². The van der Waals surface area contributed by atoms with Gasteiger partial charge in [-0.3, -0.25) is 4.99 Å². The molecule has 0 fully saturated rings. The van der Waals surface area contributed by atoms with Gasteiger partial charge in [0.05, 0.1) is 11.6 Å². The quantitative estimate of drug-likeness (QED) is 0.614. The summed E-state index contributed by atoms with van der Waals surface area (Å²) >= 11 is 0. The Morgan fingerprint density at radius 1 is 0.750 bits per heavy atom. The maximum Gasteiger partial charge on any atom is 0.416 e. The van der Waals surface area contributed by atoms with Crippen molar-refractivity contribution in [2.75, 3.05) is 0 Å². The van der Waals surface area contributed by atoms with Gasteiger partial charge in [0.1, 0.15) is 11.9 Å². The second-order valence-electron chi connectivity index (χ2n) is 6.84. The number of alkyl halides is 3. The van der Waals surface area contributed by atoms with E-state index < -0.39 is 11.7 Å². The Bertz CT molecular complexity index is 949. The minimum absolute atomic E-state index is 0.00644. The Labute approximate surface area is 161 Å². The van der Waals surface area contributed by atoms with Crippen molar-refractivity contribution in [2.24, 2.45) is 4.99 Å². The molecule has 0 aromatic heterocycles. The molecule has 3 aromatic carbocycles. The number of hydrogen-bond acceptors (Lipinski definition) is 2.